The molecule has 0 radical (unpaired) electrons. The van der Waals surface area contributed by atoms with Crippen LogP contribution in [0.25, 0.3) is 0 Å². The van der Waals surface area contributed by atoms with Gasteiger partial charge in [-0.25, -0.2) is 0 Å². The lowest BCUT2D eigenvalue weighted by molar-refractivity contribution is -0.167. The maximum absolute atomic E-state index is 12.7. The van der Waals surface area contributed by atoms with Gasteiger partial charge in [0.2, 0.25) is 0 Å². The molecule has 6 heteroatoms. The number of ether oxygens (including phenoxy) is 3. The average molecular weight is 793 g/mol. The minimum absolute atomic E-state index is 0.0631. The summed E-state index contributed by atoms with van der Waals surface area (Å²) in [6, 6.07) is 0. The van der Waals surface area contributed by atoms with Crippen molar-refractivity contribution in [3.8, 4) is 0 Å². The summed E-state index contributed by atoms with van der Waals surface area (Å²) in [6.07, 6.45) is 45.1. The maximum Gasteiger partial charge on any atom is 0.306 e. The van der Waals surface area contributed by atoms with Crippen molar-refractivity contribution in [2.45, 2.75) is 284 Å². The van der Waals surface area contributed by atoms with Crippen molar-refractivity contribution in [1.82, 2.24) is 0 Å². The highest BCUT2D eigenvalue weighted by Crippen LogP contribution is 2.17. The van der Waals surface area contributed by atoms with Crippen LogP contribution in [0.3, 0.4) is 0 Å². The van der Waals surface area contributed by atoms with Gasteiger partial charge >= 0.3 is 17.9 Å². The Morgan fingerprint density at radius 2 is 0.589 bits per heavy atom. The van der Waals surface area contributed by atoms with Gasteiger partial charge in [0.1, 0.15) is 13.2 Å². The predicted octanol–water partition coefficient (Wildman–Crippen LogP) is 15.9. The normalized spacial score (nSPS) is 11.9. The molecule has 0 unspecified atom stereocenters. The van der Waals surface area contributed by atoms with Crippen LogP contribution in [0.15, 0.2) is 0 Å². The van der Waals surface area contributed by atoms with Gasteiger partial charge in [-0.15, -0.1) is 0 Å². The highest BCUT2D eigenvalue weighted by molar-refractivity contribution is 5.71. The number of hydrogen-bond donors (Lipinski definition) is 0. The zero-order valence-electron chi connectivity index (χ0n) is 38.1. The molecule has 0 rings (SSSR count). The molecule has 0 aromatic heterocycles. The molecule has 0 aliphatic carbocycles. The van der Waals surface area contributed by atoms with Crippen LogP contribution in [0.4, 0.5) is 0 Å². The van der Waals surface area contributed by atoms with Crippen LogP contribution in [-0.4, -0.2) is 37.2 Å². The number of carbonyl (C=O) groups is 3. The number of esters is 3. The molecule has 0 heterocycles. The molecule has 0 saturated carbocycles. The van der Waals surface area contributed by atoms with Crippen LogP contribution in [0.1, 0.15) is 278 Å². The second-order valence-electron chi connectivity index (χ2n) is 17.6. The molecular formula is C50H96O6. The van der Waals surface area contributed by atoms with Crippen LogP contribution in [0, 0.1) is 5.92 Å². The molecular weight excluding hydrogens is 697 g/mol. The summed E-state index contributed by atoms with van der Waals surface area (Å²) in [6.45, 7) is 9.00. The third kappa shape index (κ3) is 43.5. The van der Waals surface area contributed by atoms with Crippen molar-refractivity contribution in [2.75, 3.05) is 13.2 Å². The summed E-state index contributed by atoms with van der Waals surface area (Å²) < 4.78 is 16.7. The van der Waals surface area contributed by atoms with Crippen LogP contribution < -0.4 is 0 Å². The first kappa shape index (κ1) is 54.4. The minimum atomic E-state index is -0.759. The lowest BCUT2D eigenvalue weighted by Crippen LogP contribution is -2.30. The van der Waals surface area contributed by atoms with Gasteiger partial charge in [0, 0.05) is 19.3 Å². The molecule has 0 saturated heterocycles. The van der Waals surface area contributed by atoms with Crippen molar-refractivity contribution >= 4 is 17.9 Å². The SMILES string of the molecule is CCCCCCCCCCCCCCCC(=O)OC[C@H](COC(=O)CCCCCCCCCCCCCCCC(C)C)OC(=O)CCCCCCCCCCC. The van der Waals surface area contributed by atoms with Crippen molar-refractivity contribution in [3.63, 3.8) is 0 Å². The fourth-order valence-electron chi connectivity index (χ4n) is 7.51. The van der Waals surface area contributed by atoms with E-state index in [2.05, 4.69) is 27.7 Å². The van der Waals surface area contributed by atoms with E-state index in [-0.39, 0.29) is 31.1 Å². The molecule has 0 spiro atoms. The van der Waals surface area contributed by atoms with Gasteiger partial charge in [-0.05, 0) is 25.2 Å². The van der Waals surface area contributed by atoms with Gasteiger partial charge in [0.15, 0.2) is 6.10 Å². The van der Waals surface area contributed by atoms with Gasteiger partial charge in [-0.3, -0.25) is 14.4 Å². The predicted molar refractivity (Wildman–Crippen MR) is 238 cm³/mol. The van der Waals surface area contributed by atoms with E-state index < -0.39 is 6.10 Å². The molecule has 0 fully saturated rings. The second-order valence-corrected chi connectivity index (χ2v) is 17.6. The molecule has 332 valence electrons. The fourth-order valence-corrected chi connectivity index (χ4v) is 7.51. The molecule has 0 bridgehead atoms. The van der Waals surface area contributed by atoms with E-state index in [1.165, 1.54) is 173 Å². The van der Waals surface area contributed by atoms with E-state index in [1.54, 1.807) is 0 Å². The first-order valence-electron chi connectivity index (χ1n) is 24.9. The standard InChI is InChI=1S/C50H96O6/c1-5-7-9-11-13-15-16-18-22-26-29-33-37-41-48(51)54-44-47(56-50(53)43-39-35-31-24-14-12-10-8-6-2)45-55-49(52)42-38-34-30-27-23-20-17-19-21-25-28-32-36-40-46(3)4/h46-47H,5-45H2,1-4H3/t47-/m1/s1. The Bertz CT molecular complexity index is 841. The average Bonchev–Trinajstić information content (AvgIpc) is 3.18. The maximum atomic E-state index is 12.7. The van der Waals surface area contributed by atoms with E-state index in [1.807, 2.05) is 0 Å². The molecule has 0 N–H and O–H groups in total. The van der Waals surface area contributed by atoms with E-state index in [4.69, 9.17) is 14.2 Å². The Labute approximate surface area is 348 Å². The quantitative estimate of drug-likeness (QED) is 0.0347. The van der Waals surface area contributed by atoms with Crippen LogP contribution in [-0.2, 0) is 28.6 Å². The number of hydrogen-bond acceptors (Lipinski definition) is 6. The van der Waals surface area contributed by atoms with E-state index in [9.17, 15) is 14.4 Å². The van der Waals surface area contributed by atoms with Crippen LogP contribution in [0.2, 0.25) is 0 Å². The number of unbranched alkanes of at least 4 members (excludes halogenated alkanes) is 32. The zero-order chi connectivity index (χ0) is 41.0. The summed E-state index contributed by atoms with van der Waals surface area (Å²) in [7, 11) is 0. The van der Waals surface area contributed by atoms with Crippen molar-refractivity contribution in [3.05, 3.63) is 0 Å². The highest BCUT2D eigenvalue weighted by Gasteiger charge is 2.19. The van der Waals surface area contributed by atoms with Gasteiger partial charge in [-0.1, -0.05) is 240 Å². The number of carbonyl (C=O) groups excluding carboxylic acids is 3. The smallest absolute Gasteiger partial charge is 0.306 e. The summed E-state index contributed by atoms with van der Waals surface area (Å²) in [5.74, 6) is -0.00986. The molecule has 0 aliphatic rings. The van der Waals surface area contributed by atoms with Gasteiger partial charge < -0.3 is 14.2 Å². The van der Waals surface area contributed by atoms with Gasteiger partial charge in [0.05, 0.1) is 0 Å². The molecule has 0 aromatic carbocycles. The molecule has 1 atom stereocenters. The third-order valence-electron chi connectivity index (χ3n) is 11.3. The lowest BCUT2D eigenvalue weighted by atomic mass is 10.0. The van der Waals surface area contributed by atoms with E-state index >= 15 is 0 Å². The van der Waals surface area contributed by atoms with Gasteiger partial charge in [0.25, 0.3) is 0 Å². The first-order chi connectivity index (χ1) is 27.4. The molecule has 0 aliphatic heterocycles. The fraction of sp³-hybridized carbons (Fsp3) is 0.940. The zero-order valence-corrected chi connectivity index (χ0v) is 38.1. The van der Waals surface area contributed by atoms with E-state index in [0.717, 1.165) is 63.7 Å². The monoisotopic (exact) mass is 793 g/mol. The number of rotatable bonds is 45. The van der Waals surface area contributed by atoms with Crippen molar-refractivity contribution in [2.24, 2.45) is 5.92 Å². The molecule has 6 nitrogen and oxygen atoms in total. The third-order valence-corrected chi connectivity index (χ3v) is 11.3. The second kappa shape index (κ2) is 44.5. The summed E-state index contributed by atoms with van der Waals surface area (Å²) >= 11 is 0. The Kier molecular flexibility index (Phi) is 43.2. The Morgan fingerprint density at radius 1 is 0.339 bits per heavy atom. The van der Waals surface area contributed by atoms with Crippen LogP contribution >= 0.6 is 0 Å². The van der Waals surface area contributed by atoms with Crippen LogP contribution in [0.5, 0.6) is 0 Å². The topological polar surface area (TPSA) is 78.9 Å². The molecule has 56 heavy (non-hydrogen) atoms. The minimum Gasteiger partial charge on any atom is -0.462 e. The van der Waals surface area contributed by atoms with E-state index in [0.29, 0.717) is 19.3 Å². The first-order valence-corrected chi connectivity index (χ1v) is 24.9. The highest BCUT2D eigenvalue weighted by atomic mass is 16.6. The summed E-state index contributed by atoms with van der Waals surface area (Å²) in [4.78, 5) is 37.8. The Morgan fingerprint density at radius 3 is 0.875 bits per heavy atom. The van der Waals surface area contributed by atoms with Crippen molar-refractivity contribution < 1.29 is 28.6 Å². The Balaban J connectivity index is 4.25. The van der Waals surface area contributed by atoms with Gasteiger partial charge in [-0.2, -0.15) is 0 Å². The Hall–Kier alpha value is -1.59. The molecule has 0 aromatic rings. The summed E-state index contributed by atoms with van der Waals surface area (Å²) in [5.41, 5.74) is 0. The summed E-state index contributed by atoms with van der Waals surface area (Å²) in [5, 5.41) is 0. The lowest BCUT2D eigenvalue weighted by Gasteiger charge is -2.18. The molecule has 0 amide bonds. The largest absolute Gasteiger partial charge is 0.462 e. The van der Waals surface area contributed by atoms with Crippen molar-refractivity contribution in [1.29, 1.82) is 0 Å².